The van der Waals surface area contributed by atoms with E-state index in [0.29, 0.717) is 0 Å². The molecule has 0 aliphatic carbocycles. The van der Waals surface area contributed by atoms with E-state index in [9.17, 15) is 9.59 Å². The number of ether oxygens (including phenoxy) is 1. The zero-order valence-corrected chi connectivity index (χ0v) is 6.03. The normalized spacial score (nSPS) is 8.82. The first-order chi connectivity index (χ1) is 5.18. The van der Waals surface area contributed by atoms with Gasteiger partial charge in [-0.3, -0.25) is 0 Å². The first kappa shape index (κ1) is 9.33. The molecule has 58 valence electrons. The third-order valence-corrected chi connectivity index (χ3v) is 0.712. The standard InChI is InChI=1S/C7H7NO3/c1-6(2)7(10)11-4-3-8-5-9/h3-4H,1H2,2H3. The van der Waals surface area contributed by atoms with E-state index in [4.69, 9.17) is 0 Å². The molecule has 0 spiro atoms. The molecular formula is C7H7NO3. The molecule has 0 radical (unpaired) electrons. The zero-order valence-electron chi connectivity index (χ0n) is 6.03. The van der Waals surface area contributed by atoms with Gasteiger partial charge < -0.3 is 4.74 Å². The summed E-state index contributed by atoms with van der Waals surface area (Å²) in [6.07, 6.45) is 3.25. The largest absolute Gasteiger partial charge is 0.429 e. The highest BCUT2D eigenvalue weighted by Gasteiger charge is 1.98. The molecule has 11 heavy (non-hydrogen) atoms. The van der Waals surface area contributed by atoms with E-state index in [-0.39, 0.29) is 5.57 Å². The monoisotopic (exact) mass is 153 g/mol. The van der Waals surface area contributed by atoms with E-state index in [1.807, 2.05) is 0 Å². The first-order valence-electron chi connectivity index (χ1n) is 2.77. The number of esters is 1. The molecule has 0 aliphatic rings. The Morgan fingerprint density at radius 3 is 2.82 bits per heavy atom. The molecule has 0 amide bonds. The van der Waals surface area contributed by atoms with Gasteiger partial charge in [0.05, 0.1) is 6.20 Å². The van der Waals surface area contributed by atoms with Gasteiger partial charge in [0, 0.05) is 5.57 Å². The van der Waals surface area contributed by atoms with Crippen LogP contribution in [-0.2, 0) is 14.3 Å². The van der Waals surface area contributed by atoms with Gasteiger partial charge in [-0.1, -0.05) is 6.58 Å². The van der Waals surface area contributed by atoms with Crippen molar-refractivity contribution in [2.45, 2.75) is 6.92 Å². The van der Waals surface area contributed by atoms with E-state index >= 15 is 0 Å². The molecule has 0 aromatic heterocycles. The molecule has 0 bridgehead atoms. The quantitative estimate of drug-likeness (QED) is 0.199. The minimum Gasteiger partial charge on any atom is -0.429 e. The maximum Gasteiger partial charge on any atom is 0.337 e. The average Bonchev–Trinajstić information content (AvgIpc) is 1.97. The van der Waals surface area contributed by atoms with Gasteiger partial charge >= 0.3 is 5.97 Å². The van der Waals surface area contributed by atoms with Gasteiger partial charge in [-0.25, -0.2) is 9.59 Å². The Bertz CT molecular complexity index is 236. The molecule has 0 rings (SSSR count). The highest BCUT2D eigenvalue weighted by molar-refractivity contribution is 5.87. The van der Waals surface area contributed by atoms with Crippen molar-refractivity contribution in [3.63, 3.8) is 0 Å². The van der Waals surface area contributed by atoms with Crippen LogP contribution in [0.4, 0.5) is 0 Å². The third-order valence-electron chi connectivity index (χ3n) is 0.712. The third kappa shape index (κ3) is 4.81. The predicted molar refractivity (Wildman–Crippen MR) is 38.2 cm³/mol. The Kier molecular flexibility index (Phi) is 4.36. The van der Waals surface area contributed by atoms with E-state index in [1.54, 1.807) is 0 Å². The van der Waals surface area contributed by atoms with Crippen molar-refractivity contribution in [1.29, 1.82) is 0 Å². The van der Waals surface area contributed by atoms with Crippen molar-refractivity contribution >= 4 is 12.0 Å². The maximum absolute atomic E-state index is 10.6. The number of aliphatic imine (C=N–C) groups is 1. The van der Waals surface area contributed by atoms with Crippen LogP contribution in [0.25, 0.3) is 0 Å². The number of rotatable bonds is 3. The van der Waals surface area contributed by atoms with Crippen molar-refractivity contribution in [3.05, 3.63) is 24.6 Å². The second kappa shape index (κ2) is 5.14. The highest BCUT2D eigenvalue weighted by atomic mass is 16.5. The molecule has 0 aliphatic heterocycles. The maximum atomic E-state index is 10.6. The average molecular weight is 153 g/mol. The lowest BCUT2D eigenvalue weighted by atomic mass is 10.4. The van der Waals surface area contributed by atoms with Gasteiger partial charge in [-0.2, -0.15) is 4.99 Å². The Morgan fingerprint density at radius 1 is 1.73 bits per heavy atom. The van der Waals surface area contributed by atoms with Crippen LogP contribution in [-0.4, -0.2) is 12.0 Å². The fourth-order valence-corrected chi connectivity index (χ4v) is 0.254. The summed E-state index contributed by atoms with van der Waals surface area (Å²) < 4.78 is 4.41. The lowest BCUT2D eigenvalue weighted by Crippen LogP contribution is -1.98. The summed E-state index contributed by atoms with van der Waals surface area (Å²) in [5.41, 5.74) is 0.282. The van der Waals surface area contributed by atoms with Crippen molar-refractivity contribution in [2.75, 3.05) is 0 Å². The van der Waals surface area contributed by atoms with Gasteiger partial charge in [0.15, 0.2) is 0 Å². The molecule has 4 nitrogen and oxygen atoms in total. The Balaban J connectivity index is 3.79. The summed E-state index contributed by atoms with van der Waals surface area (Å²) in [5, 5.41) is 0. The number of hydrogen-bond acceptors (Lipinski definition) is 4. The Hall–Kier alpha value is -1.67. The van der Waals surface area contributed by atoms with Crippen LogP contribution < -0.4 is 0 Å². The molecule has 0 unspecified atom stereocenters. The van der Waals surface area contributed by atoms with E-state index < -0.39 is 5.97 Å². The number of nitrogens with zero attached hydrogens (tertiary/aromatic N) is 1. The van der Waals surface area contributed by atoms with Crippen LogP contribution >= 0.6 is 0 Å². The van der Waals surface area contributed by atoms with Crippen LogP contribution in [0.2, 0.25) is 0 Å². The van der Waals surface area contributed by atoms with E-state index in [0.717, 1.165) is 12.5 Å². The predicted octanol–water partition coefficient (Wildman–Crippen LogP) is 0.913. The van der Waals surface area contributed by atoms with Gasteiger partial charge in [-0.05, 0) is 6.92 Å². The van der Waals surface area contributed by atoms with Crippen molar-refractivity contribution < 1.29 is 14.3 Å². The Labute approximate surface area is 63.9 Å². The summed E-state index contributed by atoms with van der Waals surface area (Å²) in [7, 11) is 0. The lowest BCUT2D eigenvalue weighted by molar-refractivity contribution is -0.133. The van der Waals surface area contributed by atoms with E-state index in [1.165, 1.54) is 13.0 Å². The van der Waals surface area contributed by atoms with Gasteiger partial charge in [-0.15, -0.1) is 0 Å². The van der Waals surface area contributed by atoms with Crippen molar-refractivity contribution in [3.8, 4) is 0 Å². The fourth-order valence-electron chi connectivity index (χ4n) is 0.254. The molecular weight excluding hydrogens is 146 g/mol. The summed E-state index contributed by atoms with van der Waals surface area (Å²) in [6.45, 7) is 4.85. The molecule has 0 N–H and O–H groups in total. The molecule has 4 heteroatoms. The molecule has 0 aromatic rings. The SMILES string of the molecule is C=C(C)C(=O)OC=CN=C=O. The molecule has 0 fully saturated rings. The van der Waals surface area contributed by atoms with Crippen molar-refractivity contribution in [2.24, 2.45) is 4.99 Å². The smallest absolute Gasteiger partial charge is 0.337 e. The fraction of sp³-hybridized carbons (Fsp3) is 0.143. The Morgan fingerprint density at radius 2 is 2.36 bits per heavy atom. The number of carbonyl (C=O) groups excluding carboxylic acids is 2. The van der Waals surface area contributed by atoms with Crippen LogP contribution in [0.5, 0.6) is 0 Å². The van der Waals surface area contributed by atoms with Crippen LogP contribution in [0.15, 0.2) is 29.6 Å². The summed E-state index contributed by atoms with van der Waals surface area (Å²) in [5.74, 6) is -0.553. The molecule has 0 aromatic carbocycles. The minimum atomic E-state index is -0.553. The topological polar surface area (TPSA) is 55.7 Å². The van der Waals surface area contributed by atoms with Gasteiger partial charge in [0.1, 0.15) is 6.26 Å². The zero-order chi connectivity index (χ0) is 8.69. The summed E-state index contributed by atoms with van der Waals surface area (Å²) in [6, 6.07) is 0. The molecule has 0 heterocycles. The second-order valence-electron chi connectivity index (χ2n) is 1.69. The van der Waals surface area contributed by atoms with Gasteiger partial charge in [0.25, 0.3) is 0 Å². The van der Waals surface area contributed by atoms with Crippen molar-refractivity contribution in [1.82, 2.24) is 0 Å². The molecule has 0 saturated heterocycles. The van der Waals surface area contributed by atoms with Crippen LogP contribution in [0.1, 0.15) is 6.92 Å². The number of isocyanates is 1. The lowest BCUT2D eigenvalue weighted by Gasteiger charge is -1.93. The highest BCUT2D eigenvalue weighted by Crippen LogP contribution is 1.91. The molecule has 0 saturated carbocycles. The van der Waals surface area contributed by atoms with Crippen LogP contribution in [0.3, 0.4) is 0 Å². The van der Waals surface area contributed by atoms with E-state index in [2.05, 4.69) is 16.3 Å². The summed E-state index contributed by atoms with van der Waals surface area (Å²) >= 11 is 0. The van der Waals surface area contributed by atoms with Gasteiger partial charge in [0.2, 0.25) is 6.08 Å². The minimum absolute atomic E-state index is 0.282. The summed E-state index contributed by atoms with van der Waals surface area (Å²) in [4.78, 5) is 23.1. The van der Waals surface area contributed by atoms with Crippen LogP contribution in [0, 0.1) is 0 Å². The number of hydrogen-bond donors (Lipinski definition) is 0. The first-order valence-corrected chi connectivity index (χ1v) is 2.77. The second-order valence-corrected chi connectivity index (χ2v) is 1.69. The molecule has 0 atom stereocenters. The number of carbonyl (C=O) groups is 1.